The second-order valence-electron chi connectivity index (χ2n) is 4.07. The minimum atomic E-state index is -1.16. The van der Waals surface area contributed by atoms with Gasteiger partial charge in [0.05, 0.1) is 5.02 Å². The minimum absolute atomic E-state index is 0.0727. The van der Waals surface area contributed by atoms with Gasteiger partial charge in [0.15, 0.2) is 6.29 Å². The van der Waals surface area contributed by atoms with Crippen LogP contribution < -0.4 is 4.74 Å². The van der Waals surface area contributed by atoms with Crippen LogP contribution in [0.25, 0.3) is 0 Å². The summed E-state index contributed by atoms with van der Waals surface area (Å²) >= 11 is 5.81. The van der Waals surface area contributed by atoms with Crippen LogP contribution in [-0.2, 0) is 6.61 Å². The zero-order valence-electron chi connectivity index (χ0n) is 10.4. The molecular formula is C15H11ClO4. The Hall–Kier alpha value is -2.33. The molecule has 0 radical (unpaired) electrons. The van der Waals surface area contributed by atoms with Gasteiger partial charge >= 0.3 is 5.97 Å². The molecule has 5 heteroatoms. The first-order chi connectivity index (χ1) is 9.61. The number of carbonyl (C=O) groups excluding carboxylic acids is 1. The zero-order valence-corrected chi connectivity index (χ0v) is 11.1. The van der Waals surface area contributed by atoms with E-state index in [0.29, 0.717) is 6.29 Å². The number of halogens is 1. The van der Waals surface area contributed by atoms with Crippen LogP contribution in [0, 0.1) is 0 Å². The Kier molecular flexibility index (Phi) is 4.38. The Labute approximate surface area is 120 Å². The van der Waals surface area contributed by atoms with Gasteiger partial charge in [-0.1, -0.05) is 41.9 Å². The molecule has 0 unspecified atom stereocenters. The van der Waals surface area contributed by atoms with E-state index in [9.17, 15) is 9.59 Å². The lowest BCUT2D eigenvalue weighted by Crippen LogP contribution is -2.04. The number of hydrogen-bond acceptors (Lipinski definition) is 3. The Morgan fingerprint density at radius 3 is 2.55 bits per heavy atom. The van der Waals surface area contributed by atoms with Crippen LogP contribution in [0.4, 0.5) is 0 Å². The molecule has 2 aromatic rings. The van der Waals surface area contributed by atoms with E-state index < -0.39 is 5.97 Å². The maximum absolute atomic E-state index is 11.2. The van der Waals surface area contributed by atoms with Crippen molar-refractivity contribution in [2.45, 2.75) is 6.61 Å². The van der Waals surface area contributed by atoms with E-state index in [2.05, 4.69) is 0 Å². The van der Waals surface area contributed by atoms with Crippen LogP contribution in [0.1, 0.15) is 26.3 Å². The maximum atomic E-state index is 11.2. The van der Waals surface area contributed by atoms with Crippen LogP contribution in [0.2, 0.25) is 5.02 Å². The Balaban J connectivity index is 2.29. The van der Waals surface area contributed by atoms with Crippen molar-refractivity contribution in [3.05, 3.63) is 64.2 Å². The van der Waals surface area contributed by atoms with Crippen molar-refractivity contribution in [3.63, 3.8) is 0 Å². The first-order valence-corrected chi connectivity index (χ1v) is 6.18. The van der Waals surface area contributed by atoms with E-state index in [1.54, 1.807) is 0 Å². The van der Waals surface area contributed by atoms with Gasteiger partial charge in [0.2, 0.25) is 0 Å². The largest absolute Gasteiger partial charge is 0.488 e. The summed E-state index contributed by atoms with van der Waals surface area (Å²) < 4.78 is 5.48. The summed E-state index contributed by atoms with van der Waals surface area (Å²) in [7, 11) is 0. The zero-order chi connectivity index (χ0) is 14.5. The number of carbonyl (C=O) groups is 2. The SMILES string of the molecule is O=Cc1cc(OCc2ccccc2)c(C(=O)O)cc1Cl. The molecule has 0 amide bonds. The molecule has 1 N–H and O–H groups in total. The first kappa shape index (κ1) is 14.1. The Bertz CT molecular complexity index is 638. The highest BCUT2D eigenvalue weighted by atomic mass is 35.5. The predicted octanol–water partition coefficient (Wildman–Crippen LogP) is 3.43. The van der Waals surface area contributed by atoms with Gasteiger partial charge in [-0.05, 0) is 17.7 Å². The predicted molar refractivity (Wildman–Crippen MR) is 74.6 cm³/mol. The number of aromatic carboxylic acids is 1. The van der Waals surface area contributed by atoms with Gasteiger partial charge in [-0.25, -0.2) is 4.79 Å². The molecular weight excluding hydrogens is 280 g/mol. The van der Waals surface area contributed by atoms with E-state index in [1.165, 1.54) is 12.1 Å². The fourth-order valence-electron chi connectivity index (χ4n) is 1.68. The third-order valence-electron chi connectivity index (χ3n) is 2.69. The summed E-state index contributed by atoms with van der Waals surface area (Å²) in [4.78, 5) is 22.0. The second-order valence-corrected chi connectivity index (χ2v) is 4.47. The van der Waals surface area contributed by atoms with Crippen LogP contribution in [-0.4, -0.2) is 17.4 Å². The molecule has 0 atom stereocenters. The van der Waals surface area contributed by atoms with Crippen molar-refractivity contribution < 1.29 is 19.4 Å². The third-order valence-corrected chi connectivity index (χ3v) is 3.02. The number of hydrogen-bond donors (Lipinski definition) is 1. The standard InChI is InChI=1S/C15H11ClO4/c16-13-7-12(15(18)19)14(6-11(13)8-17)20-9-10-4-2-1-3-5-10/h1-8H,9H2,(H,18,19). The summed E-state index contributed by atoms with van der Waals surface area (Å²) in [5.41, 5.74) is 1.02. The van der Waals surface area contributed by atoms with Gasteiger partial charge in [-0.15, -0.1) is 0 Å². The van der Waals surface area contributed by atoms with Gasteiger partial charge in [-0.3, -0.25) is 4.79 Å². The molecule has 0 aromatic heterocycles. The van der Waals surface area contributed by atoms with Crippen LogP contribution in [0.5, 0.6) is 5.75 Å². The van der Waals surface area contributed by atoms with Gasteiger partial charge < -0.3 is 9.84 Å². The fraction of sp³-hybridized carbons (Fsp3) is 0.0667. The van der Waals surface area contributed by atoms with Gasteiger partial charge in [0.1, 0.15) is 17.9 Å². The second kappa shape index (κ2) is 6.21. The molecule has 0 saturated heterocycles. The average molecular weight is 291 g/mol. The van der Waals surface area contributed by atoms with Crippen molar-refractivity contribution in [1.29, 1.82) is 0 Å². The van der Waals surface area contributed by atoms with Gasteiger partial charge in [0, 0.05) is 5.56 Å². The molecule has 0 saturated carbocycles. The number of benzene rings is 2. The molecule has 2 aromatic carbocycles. The van der Waals surface area contributed by atoms with Crippen molar-refractivity contribution in [2.75, 3.05) is 0 Å². The number of aldehydes is 1. The quantitative estimate of drug-likeness (QED) is 0.857. The lowest BCUT2D eigenvalue weighted by atomic mass is 10.1. The Morgan fingerprint density at radius 2 is 1.95 bits per heavy atom. The fourth-order valence-corrected chi connectivity index (χ4v) is 1.89. The topological polar surface area (TPSA) is 63.6 Å². The lowest BCUT2D eigenvalue weighted by molar-refractivity contribution is 0.0691. The normalized spacial score (nSPS) is 10.1. The highest BCUT2D eigenvalue weighted by molar-refractivity contribution is 6.33. The van der Waals surface area contributed by atoms with Crippen molar-refractivity contribution >= 4 is 23.9 Å². The van der Waals surface area contributed by atoms with E-state index in [1.807, 2.05) is 30.3 Å². The summed E-state index contributed by atoms with van der Waals surface area (Å²) in [6.45, 7) is 0.209. The summed E-state index contributed by atoms with van der Waals surface area (Å²) in [6, 6.07) is 11.9. The van der Waals surface area contributed by atoms with E-state index in [-0.39, 0.29) is 28.5 Å². The van der Waals surface area contributed by atoms with E-state index in [0.717, 1.165) is 5.56 Å². The molecule has 0 spiro atoms. The first-order valence-electron chi connectivity index (χ1n) is 5.80. The minimum Gasteiger partial charge on any atom is -0.488 e. The van der Waals surface area contributed by atoms with Crippen LogP contribution in [0.15, 0.2) is 42.5 Å². The molecule has 4 nitrogen and oxygen atoms in total. The highest BCUT2D eigenvalue weighted by Gasteiger charge is 2.15. The van der Waals surface area contributed by atoms with Crippen molar-refractivity contribution in [2.24, 2.45) is 0 Å². The molecule has 2 rings (SSSR count). The van der Waals surface area contributed by atoms with E-state index >= 15 is 0 Å². The van der Waals surface area contributed by atoms with Crippen molar-refractivity contribution in [3.8, 4) is 5.75 Å². The molecule has 0 heterocycles. The van der Waals surface area contributed by atoms with Gasteiger partial charge in [-0.2, -0.15) is 0 Å². The Morgan fingerprint density at radius 1 is 1.25 bits per heavy atom. The van der Waals surface area contributed by atoms with Crippen molar-refractivity contribution in [1.82, 2.24) is 0 Å². The molecule has 0 aliphatic carbocycles. The molecule has 0 bridgehead atoms. The lowest BCUT2D eigenvalue weighted by Gasteiger charge is -2.10. The summed E-state index contributed by atoms with van der Waals surface area (Å²) in [5.74, 6) is -1.04. The molecule has 20 heavy (non-hydrogen) atoms. The number of ether oxygens (including phenoxy) is 1. The van der Waals surface area contributed by atoms with Crippen LogP contribution in [0.3, 0.4) is 0 Å². The molecule has 0 aliphatic rings. The highest BCUT2D eigenvalue weighted by Crippen LogP contribution is 2.27. The summed E-state index contributed by atoms with van der Waals surface area (Å²) in [6.07, 6.45) is 0.559. The third kappa shape index (κ3) is 3.16. The molecule has 0 fully saturated rings. The van der Waals surface area contributed by atoms with E-state index in [4.69, 9.17) is 21.4 Å². The molecule has 0 aliphatic heterocycles. The van der Waals surface area contributed by atoms with Crippen LogP contribution >= 0.6 is 11.6 Å². The average Bonchev–Trinajstić information content (AvgIpc) is 2.46. The monoisotopic (exact) mass is 290 g/mol. The molecule has 102 valence electrons. The number of rotatable bonds is 5. The summed E-state index contributed by atoms with van der Waals surface area (Å²) in [5, 5.41) is 9.21. The maximum Gasteiger partial charge on any atom is 0.339 e. The van der Waals surface area contributed by atoms with Gasteiger partial charge in [0.25, 0.3) is 0 Å². The number of carboxylic acid groups (broad SMARTS) is 1. The smallest absolute Gasteiger partial charge is 0.339 e. The number of carboxylic acids is 1.